The largest absolute Gasteiger partial charge is 0.344 e. The highest BCUT2D eigenvalue weighted by atomic mass is 35.5. The summed E-state index contributed by atoms with van der Waals surface area (Å²) in [5.74, 6) is -2.36. The van der Waals surface area contributed by atoms with E-state index in [1.807, 2.05) is 5.43 Å². The molecule has 0 radical (unpaired) electrons. The van der Waals surface area contributed by atoms with Gasteiger partial charge in [-0.3, -0.25) is 9.59 Å². The maximum atomic E-state index is 13.3. The second kappa shape index (κ2) is 8.42. The van der Waals surface area contributed by atoms with E-state index in [0.717, 1.165) is 6.21 Å². The molecule has 2 amide bonds. The first-order chi connectivity index (χ1) is 11.5. The van der Waals surface area contributed by atoms with Crippen LogP contribution in [0.3, 0.4) is 0 Å². The van der Waals surface area contributed by atoms with E-state index < -0.39 is 17.6 Å². The third-order valence-corrected chi connectivity index (χ3v) is 3.52. The molecule has 0 atom stereocenters. The van der Waals surface area contributed by atoms with E-state index in [0.29, 0.717) is 15.6 Å². The van der Waals surface area contributed by atoms with Crippen LogP contribution in [0.5, 0.6) is 0 Å². The van der Waals surface area contributed by atoms with Gasteiger partial charge in [0.15, 0.2) is 0 Å². The van der Waals surface area contributed by atoms with Gasteiger partial charge in [0.05, 0.1) is 6.21 Å². The molecule has 124 valence electrons. The molecule has 0 spiro atoms. The Balaban J connectivity index is 1.86. The van der Waals surface area contributed by atoms with E-state index in [1.54, 1.807) is 18.2 Å². The zero-order valence-corrected chi connectivity index (χ0v) is 13.7. The second-order valence-electron chi connectivity index (χ2n) is 4.64. The summed E-state index contributed by atoms with van der Waals surface area (Å²) in [5.41, 5.74) is 2.81. The third-order valence-electron chi connectivity index (χ3n) is 2.94. The summed E-state index contributed by atoms with van der Waals surface area (Å²) in [6, 6.07) is 10.7. The molecule has 2 aromatic carbocycles. The van der Waals surface area contributed by atoms with Gasteiger partial charge in [-0.15, -0.1) is 0 Å². The molecular weight excluding hydrogens is 356 g/mol. The maximum absolute atomic E-state index is 13.3. The Kier molecular flexibility index (Phi) is 6.28. The Morgan fingerprint density at radius 3 is 2.58 bits per heavy atom. The monoisotopic (exact) mass is 367 g/mol. The average molecular weight is 368 g/mol. The highest BCUT2D eigenvalue weighted by molar-refractivity contribution is 6.36. The lowest BCUT2D eigenvalue weighted by molar-refractivity contribution is -0.139. The molecule has 8 heteroatoms. The minimum absolute atomic E-state index is 0.0548. The minimum Gasteiger partial charge on any atom is -0.344 e. The number of benzene rings is 2. The molecular formula is C16H12Cl2FN3O2. The van der Waals surface area contributed by atoms with Gasteiger partial charge in [-0.2, -0.15) is 5.10 Å². The number of carbonyl (C=O) groups is 2. The lowest BCUT2D eigenvalue weighted by atomic mass is 10.2. The topological polar surface area (TPSA) is 70.6 Å². The Hall–Kier alpha value is -2.44. The number of amides is 2. The molecule has 0 aliphatic rings. The zero-order chi connectivity index (χ0) is 17.5. The lowest BCUT2D eigenvalue weighted by Gasteiger charge is -2.06. The summed E-state index contributed by atoms with van der Waals surface area (Å²) in [6.07, 6.45) is 1.11. The highest BCUT2D eigenvalue weighted by Gasteiger charge is 2.13. The Morgan fingerprint density at radius 2 is 1.88 bits per heavy atom. The molecule has 0 saturated heterocycles. The summed E-state index contributed by atoms with van der Waals surface area (Å²) in [7, 11) is 0. The van der Waals surface area contributed by atoms with E-state index >= 15 is 0 Å². The molecule has 2 N–H and O–H groups in total. The summed E-state index contributed by atoms with van der Waals surface area (Å²) in [6.45, 7) is 0.0548. The third kappa shape index (κ3) is 5.04. The smallest absolute Gasteiger partial charge is 0.329 e. The van der Waals surface area contributed by atoms with Crippen LogP contribution in [-0.4, -0.2) is 18.0 Å². The van der Waals surface area contributed by atoms with Crippen LogP contribution in [0.2, 0.25) is 10.0 Å². The van der Waals surface area contributed by atoms with Crippen molar-refractivity contribution in [2.24, 2.45) is 5.10 Å². The van der Waals surface area contributed by atoms with Gasteiger partial charge in [0, 0.05) is 22.2 Å². The first-order valence-electron chi connectivity index (χ1n) is 6.77. The number of rotatable bonds is 4. The van der Waals surface area contributed by atoms with Crippen LogP contribution in [-0.2, 0) is 16.1 Å². The van der Waals surface area contributed by atoms with Crippen molar-refractivity contribution in [2.45, 2.75) is 6.54 Å². The number of carbonyl (C=O) groups excluding carboxylic acids is 2. The summed E-state index contributed by atoms with van der Waals surface area (Å²) < 4.78 is 13.3. The van der Waals surface area contributed by atoms with Crippen LogP contribution >= 0.6 is 23.2 Å². The van der Waals surface area contributed by atoms with Crippen LogP contribution in [0.1, 0.15) is 11.1 Å². The summed E-state index contributed by atoms with van der Waals surface area (Å²) >= 11 is 11.7. The van der Waals surface area contributed by atoms with Crippen molar-refractivity contribution < 1.29 is 14.0 Å². The van der Waals surface area contributed by atoms with Crippen molar-refractivity contribution in [3.8, 4) is 0 Å². The van der Waals surface area contributed by atoms with Gasteiger partial charge in [-0.05, 0) is 23.8 Å². The van der Waals surface area contributed by atoms with Crippen molar-refractivity contribution in [1.82, 2.24) is 10.7 Å². The molecule has 0 heterocycles. The van der Waals surface area contributed by atoms with Gasteiger partial charge >= 0.3 is 11.8 Å². The Morgan fingerprint density at radius 1 is 1.12 bits per heavy atom. The number of nitrogens with zero attached hydrogens (tertiary/aromatic N) is 1. The van der Waals surface area contributed by atoms with E-state index in [4.69, 9.17) is 23.2 Å². The lowest BCUT2D eigenvalue weighted by Crippen LogP contribution is -2.37. The molecule has 0 bridgehead atoms. The van der Waals surface area contributed by atoms with Crippen LogP contribution in [0.15, 0.2) is 47.6 Å². The Bertz CT molecular complexity index is 797. The van der Waals surface area contributed by atoms with E-state index in [2.05, 4.69) is 10.4 Å². The van der Waals surface area contributed by atoms with E-state index in [1.165, 1.54) is 24.3 Å². The first-order valence-corrected chi connectivity index (χ1v) is 7.52. The van der Waals surface area contributed by atoms with Crippen LogP contribution in [0.25, 0.3) is 0 Å². The fourth-order valence-corrected chi connectivity index (χ4v) is 2.19. The molecule has 5 nitrogen and oxygen atoms in total. The van der Waals surface area contributed by atoms with Crippen molar-refractivity contribution in [3.63, 3.8) is 0 Å². The molecule has 2 rings (SSSR count). The molecule has 0 fully saturated rings. The standard InChI is InChI=1S/C16H12Cl2FN3O2/c17-12-6-5-10(13(18)7-12)8-20-15(23)16(24)22-21-9-11-3-1-2-4-14(11)19/h1-7,9H,8H2,(H,20,23)(H,22,24). The summed E-state index contributed by atoms with van der Waals surface area (Å²) in [5, 5.41) is 6.77. The van der Waals surface area contributed by atoms with Gasteiger partial charge in [0.2, 0.25) is 0 Å². The first kappa shape index (κ1) is 17.9. The van der Waals surface area contributed by atoms with Gasteiger partial charge in [0.25, 0.3) is 0 Å². The minimum atomic E-state index is -0.979. The van der Waals surface area contributed by atoms with Crippen molar-refractivity contribution in [2.75, 3.05) is 0 Å². The molecule has 0 saturated carbocycles. The molecule has 2 aromatic rings. The quantitative estimate of drug-likeness (QED) is 0.495. The number of hydrazone groups is 1. The van der Waals surface area contributed by atoms with Crippen molar-refractivity contribution in [3.05, 3.63) is 69.5 Å². The predicted molar refractivity (Wildman–Crippen MR) is 90.4 cm³/mol. The van der Waals surface area contributed by atoms with Gasteiger partial charge in [-0.1, -0.05) is 47.5 Å². The number of hydrogen-bond donors (Lipinski definition) is 2. The SMILES string of the molecule is O=C(NCc1ccc(Cl)cc1Cl)C(=O)NN=Cc1ccccc1F. The average Bonchev–Trinajstić information content (AvgIpc) is 2.55. The van der Waals surface area contributed by atoms with Crippen LogP contribution < -0.4 is 10.7 Å². The zero-order valence-electron chi connectivity index (χ0n) is 12.2. The molecule has 0 aromatic heterocycles. The summed E-state index contributed by atoms with van der Waals surface area (Å²) in [4.78, 5) is 23.3. The fraction of sp³-hybridized carbons (Fsp3) is 0.0625. The molecule has 0 aliphatic heterocycles. The number of hydrogen-bond acceptors (Lipinski definition) is 3. The van der Waals surface area contributed by atoms with E-state index in [9.17, 15) is 14.0 Å². The van der Waals surface area contributed by atoms with Crippen molar-refractivity contribution in [1.29, 1.82) is 0 Å². The van der Waals surface area contributed by atoms with Gasteiger partial charge < -0.3 is 5.32 Å². The second-order valence-corrected chi connectivity index (χ2v) is 5.48. The highest BCUT2D eigenvalue weighted by Crippen LogP contribution is 2.20. The fourth-order valence-electron chi connectivity index (χ4n) is 1.71. The van der Waals surface area contributed by atoms with E-state index in [-0.39, 0.29) is 12.1 Å². The van der Waals surface area contributed by atoms with Crippen LogP contribution in [0, 0.1) is 5.82 Å². The maximum Gasteiger partial charge on any atom is 0.329 e. The number of halogens is 3. The number of nitrogens with one attached hydrogen (secondary N) is 2. The van der Waals surface area contributed by atoms with Crippen molar-refractivity contribution >= 4 is 41.2 Å². The predicted octanol–water partition coefficient (Wildman–Crippen LogP) is 2.90. The normalized spacial score (nSPS) is 10.6. The Labute approximate surface area is 147 Å². The molecule has 0 aliphatic carbocycles. The van der Waals surface area contributed by atoms with Crippen LogP contribution in [0.4, 0.5) is 4.39 Å². The van der Waals surface area contributed by atoms with Gasteiger partial charge in [0.1, 0.15) is 5.82 Å². The van der Waals surface area contributed by atoms with Gasteiger partial charge in [-0.25, -0.2) is 9.82 Å². The molecule has 0 unspecified atom stereocenters. The molecule has 24 heavy (non-hydrogen) atoms.